The Morgan fingerprint density at radius 2 is 2.00 bits per heavy atom. The van der Waals surface area contributed by atoms with Gasteiger partial charge in [0.2, 0.25) is 0 Å². The van der Waals surface area contributed by atoms with Crippen molar-refractivity contribution in [3.63, 3.8) is 0 Å². The number of benzene rings is 2. The zero-order valence-electron chi connectivity index (χ0n) is 10.9. The Bertz CT molecular complexity index is 781. The van der Waals surface area contributed by atoms with Crippen LogP contribution in [-0.4, -0.2) is 15.5 Å². The lowest BCUT2D eigenvalue weighted by atomic mass is 10.3. The third-order valence-electron chi connectivity index (χ3n) is 2.67. The van der Waals surface area contributed by atoms with Crippen LogP contribution < -0.4 is 15.2 Å². The summed E-state index contributed by atoms with van der Waals surface area (Å²) in [5.74, 6) is 0.204. The molecule has 0 amide bonds. The smallest absolute Gasteiger partial charge is 0.265 e. The molecule has 2 aromatic rings. The van der Waals surface area contributed by atoms with Crippen LogP contribution in [0, 0.1) is 0 Å². The predicted octanol–water partition coefficient (Wildman–Crippen LogP) is 3.49. The minimum Gasteiger partial charge on any atom is -0.495 e. The summed E-state index contributed by atoms with van der Waals surface area (Å²) in [5.41, 5.74) is 6.29. The predicted molar refractivity (Wildman–Crippen MR) is 87.4 cm³/mol. The number of methoxy groups -OCH3 is 1. The van der Waals surface area contributed by atoms with Gasteiger partial charge in [0.1, 0.15) is 10.6 Å². The lowest BCUT2D eigenvalue weighted by molar-refractivity contribution is 0.403. The molecule has 8 heteroatoms. The third-order valence-corrected chi connectivity index (χ3v) is 5.46. The number of anilines is 2. The van der Waals surface area contributed by atoms with Gasteiger partial charge in [-0.05, 0) is 46.3 Å². The minimum atomic E-state index is -3.86. The summed E-state index contributed by atoms with van der Waals surface area (Å²) in [7, 11) is -2.47. The van der Waals surface area contributed by atoms with Crippen LogP contribution in [0.2, 0.25) is 5.02 Å². The highest BCUT2D eigenvalue weighted by Crippen LogP contribution is 2.33. The number of hydrogen-bond donors (Lipinski definition) is 2. The normalized spacial score (nSPS) is 11.2. The standard InChI is InChI=1S/C13H12BrClN2O3S/c1-20-11-6-5-8(16)7-12(11)21(18,19)17-10-4-2-3-9(15)13(10)14/h2-7,17H,16H2,1H3. The van der Waals surface area contributed by atoms with Gasteiger partial charge in [-0.25, -0.2) is 8.42 Å². The number of sulfonamides is 1. The van der Waals surface area contributed by atoms with Gasteiger partial charge in [-0.3, -0.25) is 4.72 Å². The Hall–Kier alpha value is -1.44. The fourth-order valence-corrected chi connectivity index (χ4v) is 3.63. The van der Waals surface area contributed by atoms with Crippen molar-refractivity contribution in [2.75, 3.05) is 17.6 Å². The molecule has 0 fully saturated rings. The first-order chi connectivity index (χ1) is 9.85. The molecule has 0 radical (unpaired) electrons. The van der Waals surface area contributed by atoms with E-state index in [4.69, 9.17) is 22.1 Å². The van der Waals surface area contributed by atoms with Crippen molar-refractivity contribution in [2.24, 2.45) is 0 Å². The maximum absolute atomic E-state index is 12.5. The molecule has 3 N–H and O–H groups in total. The molecule has 0 heterocycles. The molecular formula is C13H12BrClN2O3S. The van der Waals surface area contributed by atoms with Crippen LogP contribution in [0.15, 0.2) is 45.8 Å². The molecule has 0 saturated carbocycles. The molecule has 21 heavy (non-hydrogen) atoms. The zero-order chi connectivity index (χ0) is 15.6. The lowest BCUT2D eigenvalue weighted by Gasteiger charge is -2.13. The lowest BCUT2D eigenvalue weighted by Crippen LogP contribution is -2.14. The summed E-state index contributed by atoms with van der Waals surface area (Å²) in [6.07, 6.45) is 0. The molecule has 2 rings (SSSR count). The first kappa shape index (κ1) is 15.9. The van der Waals surface area contributed by atoms with E-state index in [2.05, 4.69) is 20.7 Å². The van der Waals surface area contributed by atoms with Crippen LogP contribution in [0.4, 0.5) is 11.4 Å². The fraction of sp³-hybridized carbons (Fsp3) is 0.0769. The molecule has 0 aromatic heterocycles. The average Bonchev–Trinajstić information content (AvgIpc) is 2.44. The van der Waals surface area contributed by atoms with Crippen LogP contribution in [0.5, 0.6) is 5.75 Å². The van der Waals surface area contributed by atoms with Gasteiger partial charge < -0.3 is 10.5 Å². The van der Waals surface area contributed by atoms with Gasteiger partial charge >= 0.3 is 0 Å². The molecule has 0 bridgehead atoms. The van der Waals surface area contributed by atoms with E-state index in [0.717, 1.165) is 0 Å². The van der Waals surface area contributed by atoms with E-state index >= 15 is 0 Å². The molecule has 0 aliphatic carbocycles. The molecular weight excluding hydrogens is 380 g/mol. The van der Waals surface area contributed by atoms with Gasteiger partial charge in [0.25, 0.3) is 10.0 Å². The summed E-state index contributed by atoms with van der Waals surface area (Å²) in [6.45, 7) is 0. The van der Waals surface area contributed by atoms with E-state index < -0.39 is 10.0 Å². The highest BCUT2D eigenvalue weighted by atomic mass is 79.9. The Labute approximate surface area is 136 Å². The van der Waals surface area contributed by atoms with Crippen LogP contribution >= 0.6 is 27.5 Å². The summed E-state index contributed by atoms with van der Waals surface area (Å²) in [6, 6.07) is 9.27. The highest BCUT2D eigenvalue weighted by molar-refractivity contribution is 9.10. The van der Waals surface area contributed by atoms with Gasteiger partial charge in [-0.1, -0.05) is 17.7 Å². The Morgan fingerprint density at radius 1 is 1.29 bits per heavy atom. The number of hydrogen-bond acceptors (Lipinski definition) is 4. The molecule has 5 nitrogen and oxygen atoms in total. The second kappa shape index (κ2) is 6.13. The van der Waals surface area contributed by atoms with Crippen molar-refractivity contribution < 1.29 is 13.2 Å². The summed E-state index contributed by atoms with van der Waals surface area (Å²) < 4.78 is 32.9. The first-order valence-corrected chi connectivity index (χ1v) is 8.41. The maximum atomic E-state index is 12.5. The molecule has 0 atom stereocenters. The Balaban J connectivity index is 2.48. The molecule has 0 aliphatic heterocycles. The van der Waals surface area contributed by atoms with Crippen molar-refractivity contribution in [1.82, 2.24) is 0 Å². The van der Waals surface area contributed by atoms with E-state index in [1.54, 1.807) is 24.3 Å². The number of rotatable bonds is 4. The minimum absolute atomic E-state index is 0.0446. The first-order valence-electron chi connectivity index (χ1n) is 5.75. The van der Waals surface area contributed by atoms with Gasteiger partial charge in [-0.2, -0.15) is 0 Å². The SMILES string of the molecule is COc1ccc(N)cc1S(=O)(=O)Nc1cccc(Cl)c1Br. The number of nitrogen functional groups attached to an aromatic ring is 1. The quantitative estimate of drug-likeness (QED) is 0.782. The van der Waals surface area contributed by atoms with Crippen LogP contribution in [-0.2, 0) is 10.0 Å². The van der Waals surface area contributed by atoms with Crippen LogP contribution in [0.1, 0.15) is 0 Å². The Kier molecular flexibility index (Phi) is 4.65. The molecule has 2 aromatic carbocycles. The maximum Gasteiger partial charge on any atom is 0.265 e. The average molecular weight is 392 g/mol. The Morgan fingerprint density at radius 3 is 2.67 bits per heavy atom. The second-order valence-corrected chi connectivity index (χ2v) is 6.97. The number of nitrogens with one attached hydrogen (secondary N) is 1. The number of nitrogens with two attached hydrogens (primary N) is 1. The third kappa shape index (κ3) is 3.42. The van der Waals surface area contributed by atoms with Crippen molar-refractivity contribution >= 4 is 48.9 Å². The van der Waals surface area contributed by atoms with Crippen molar-refractivity contribution in [3.8, 4) is 5.75 Å². The topological polar surface area (TPSA) is 81.4 Å². The van der Waals surface area contributed by atoms with E-state index in [0.29, 0.717) is 20.9 Å². The largest absolute Gasteiger partial charge is 0.495 e. The number of halogens is 2. The van der Waals surface area contributed by atoms with E-state index in [1.807, 2.05) is 0 Å². The molecule has 0 spiro atoms. The highest BCUT2D eigenvalue weighted by Gasteiger charge is 2.21. The zero-order valence-corrected chi connectivity index (χ0v) is 14.1. The molecule has 0 aliphatic rings. The van der Waals surface area contributed by atoms with Crippen molar-refractivity contribution in [2.45, 2.75) is 4.90 Å². The second-order valence-electron chi connectivity index (χ2n) is 4.12. The monoisotopic (exact) mass is 390 g/mol. The fourth-order valence-electron chi connectivity index (χ4n) is 1.69. The van der Waals surface area contributed by atoms with Crippen LogP contribution in [0.25, 0.3) is 0 Å². The van der Waals surface area contributed by atoms with Gasteiger partial charge in [0, 0.05) is 5.69 Å². The van der Waals surface area contributed by atoms with Gasteiger partial charge in [-0.15, -0.1) is 0 Å². The van der Waals surface area contributed by atoms with E-state index in [1.165, 1.54) is 19.2 Å². The van der Waals surface area contributed by atoms with Crippen molar-refractivity contribution in [1.29, 1.82) is 0 Å². The summed E-state index contributed by atoms with van der Waals surface area (Å²) in [5, 5.41) is 0.398. The molecule has 0 unspecified atom stereocenters. The number of ether oxygens (including phenoxy) is 1. The van der Waals surface area contributed by atoms with E-state index in [9.17, 15) is 8.42 Å². The molecule has 112 valence electrons. The summed E-state index contributed by atoms with van der Waals surface area (Å²) >= 11 is 9.19. The van der Waals surface area contributed by atoms with Gasteiger partial charge in [0.15, 0.2) is 0 Å². The molecule has 0 saturated heterocycles. The summed E-state index contributed by atoms with van der Waals surface area (Å²) in [4.78, 5) is -0.0446. The van der Waals surface area contributed by atoms with Crippen LogP contribution in [0.3, 0.4) is 0 Å². The van der Waals surface area contributed by atoms with Gasteiger partial charge in [0.05, 0.1) is 22.3 Å². The van der Waals surface area contributed by atoms with Crippen molar-refractivity contribution in [3.05, 3.63) is 45.9 Å². The van der Waals surface area contributed by atoms with E-state index in [-0.39, 0.29) is 10.6 Å².